The number of nitrogens with two attached hydrogens (primary N) is 1. The van der Waals surface area contributed by atoms with Gasteiger partial charge in [0, 0.05) is 30.5 Å². The van der Waals surface area contributed by atoms with Gasteiger partial charge in [0.05, 0.1) is 24.2 Å². The molecule has 1 aliphatic heterocycles. The fraction of sp³-hybridized carbons (Fsp3) is 0.562. The molecule has 5 heteroatoms. The number of hydrogen-bond donors (Lipinski definition) is 2. The fourth-order valence-electron chi connectivity index (χ4n) is 3.51. The molecule has 0 radical (unpaired) electrons. The summed E-state index contributed by atoms with van der Waals surface area (Å²) in [6, 6.07) is 3.99. The van der Waals surface area contributed by atoms with Crippen LogP contribution in [0.1, 0.15) is 37.9 Å². The average Bonchev–Trinajstić information content (AvgIpc) is 3.07. The summed E-state index contributed by atoms with van der Waals surface area (Å²) in [5.74, 6) is 2.63. The molecule has 1 saturated carbocycles. The van der Waals surface area contributed by atoms with Gasteiger partial charge in [-0.3, -0.25) is 0 Å². The lowest BCUT2D eigenvalue weighted by Crippen LogP contribution is -2.33. The number of nitrogens with zero attached hydrogens (tertiary/aromatic N) is 1. The second-order valence-electron chi connectivity index (χ2n) is 6.14. The van der Waals surface area contributed by atoms with Crippen LogP contribution < -0.4 is 15.2 Å². The van der Waals surface area contributed by atoms with Gasteiger partial charge in [-0.05, 0) is 12.8 Å². The lowest BCUT2D eigenvalue weighted by atomic mass is 9.85. The third-order valence-electron chi connectivity index (χ3n) is 4.80. The van der Waals surface area contributed by atoms with E-state index in [1.165, 1.54) is 12.8 Å². The van der Waals surface area contributed by atoms with Crippen molar-refractivity contribution < 1.29 is 9.47 Å². The van der Waals surface area contributed by atoms with Gasteiger partial charge in [0.25, 0.3) is 0 Å². The summed E-state index contributed by atoms with van der Waals surface area (Å²) in [5, 5.41) is 0. The number of fused-ring (bicyclic) bond motifs is 2. The van der Waals surface area contributed by atoms with Crippen LogP contribution in [0.4, 0.5) is 0 Å². The van der Waals surface area contributed by atoms with Crippen molar-refractivity contribution in [2.75, 3.05) is 19.8 Å². The van der Waals surface area contributed by atoms with Crippen LogP contribution in [0.25, 0.3) is 11.0 Å². The minimum Gasteiger partial charge on any atom is -0.489 e. The molecule has 0 spiro atoms. The van der Waals surface area contributed by atoms with E-state index in [2.05, 4.69) is 4.98 Å². The predicted molar refractivity (Wildman–Crippen MR) is 80.9 cm³/mol. The van der Waals surface area contributed by atoms with E-state index in [0.717, 1.165) is 47.6 Å². The molecule has 2 aliphatic rings. The van der Waals surface area contributed by atoms with Gasteiger partial charge in [0.2, 0.25) is 0 Å². The Morgan fingerprint density at radius 2 is 1.81 bits per heavy atom. The first-order chi connectivity index (χ1) is 10.3. The minimum atomic E-state index is 0.0259. The highest BCUT2D eigenvalue weighted by Gasteiger charge is 2.37. The smallest absolute Gasteiger partial charge is 0.163 e. The Kier molecular flexibility index (Phi) is 3.03. The zero-order valence-electron chi connectivity index (χ0n) is 12.2. The Bertz CT molecular complexity index is 616. The van der Waals surface area contributed by atoms with Gasteiger partial charge in [-0.1, -0.05) is 12.8 Å². The Morgan fingerprint density at radius 1 is 1.10 bits per heavy atom. The van der Waals surface area contributed by atoms with Crippen molar-refractivity contribution in [1.29, 1.82) is 0 Å². The Labute approximate surface area is 123 Å². The Hall–Kier alpha value is -1.75. The van der Waals surface area contributed by atoms with Crippen molar-refractivity contribution in [3.8, 4) is 11.5 Å². The molecule has 1 aromatic carbocycles. The predicted octanol–water partition coefficient (Wildman–Crippen LogP) is 2.49. The number of rotatable bonds is 2. The first kappa shape index (κ1) is 13.0. The number of benzene rings is 1. The molecular formula is C16H21N3O2. The van der Waals surface area contributed by atoms with Gasteiger partial charge in [0.1, 0.15) is 5.82 Å². The minimum absolute atomic E-state index is 0.0259. The Balaban J connectivity index is 1.79. The molecule has 0 amide bonds. The van der Waals surface area contributed by atoms with Crippen LogP contribution in [0, 0.1) is 0 Å². The number of aromatic nitrogens is 2. The molecule has 2 aromatic rings. The van der Waals surface area contributed by atoms with Crippen LogP contribution in [0.15, 0.2) is 12.1 Å². The van der Waals surface area contributed by atoms with Crippen molar-refractivity contribution in [3.63, 3.8) is 0 Å². The molecule has 21 heavy (non-hydrogen) atoms. The van der Waals surface area contributed by atoms with E-state index in [-0.39, 0.29) is 5.41 Å². The van der Waals surface area contributed by atoms with Crippen LogP contribution >= 0.6 is 0 Å². The van der Waals surface area contributed by atoms with E-state index in [0.29, 0.717) is 19.8 Å². The summed E-state index contributed by atoms with van der Waals surface area (Å²) in [6.07, 6.45) is 5.62. The molecule has 112 valence electrons. The van der Waals surface area contributed by atoms with Gasteiger partial charge in [-0.25, -0.2) is 4.98 Å². The summed E-state index contributed by atoms with van der Waals surface area (Å²) in [5.41, 5.74) is 8.03. The van der Waals surface area contributed by atoms with E-state index >= 15 is 0 Å². The standard InChI is InChI=1S/C16H21N3O2/c17-10-16(4-1-2-5-16)15-18-11-8-13-14(9-12(11)19-15)21-7-3-6-20-13/h8-9H,1-7,10,17H2,(H,18,19). The zero-order valence-corrected chi connectivity index (χ0v) is 12.2. The number of aromatic amines is 1. The Morgan fingerprint density at radius 3 is 2.52 bits per heavy atom. The molecule has 0 bridgehead atoms. The first-order valence-electron chi connectivity index (χ1n) is 7.81. The largest absolute Gasteiger partial charge is 0.489 e. The van der Waals surface area contributed by atoms with E-state index in [1.54, 1.807) is 0 Å². The van der Waals surface area contributed by atoms with Crippen molar-refractivity contribution in [2.45, 2.75) is 37.5 Å². The molecule has 1 aliphatic carbocycles. The summed E-state index contributed by atoms with van der Waals surface area (Å²) in [6.45, 7) is 2.05. The highest BCUT2D eigenvalue weighted by atomic mass is 16.5. The monoisotopic (exact) mass is 287 g/mol. The van der Waals surface area contributed by atoms with E-state index in [9.17, 15) is 0 Å². The number of hydrogen-bond acceptors (Lipinski definition) is 4. The molecular weight excluding hydrogens is 266 g/mol. The van der Waals surface area contributed by atoms with E-state index in [4.69, 9.17) is 20.2 Å². The number of ether oxygens (including phenoxy) is 2. The third-order valence-corrected chi connectivity index (χ3v) is 4.80. The number of imidazole rings is 1. The van der Waals surface area contributed by atoms with E-state index < -0.39 is 0 Å². The molecule has 1 fully saturated rings. The summed E-state index contributed by atoms with van der Waals surface area (Å²) >= 11 is 0. The van der Waals surface area contributed by atoms with Crippen molar-refractivity contribution in [3.05, 3.63) is 18.0 Å². The lowest BCUT2D eigenvalue weighted by Gasteiger charge is -2.24. The van der Waals surface area contributed by atoms with Crippen LogP contribution in [0.3, 0.4) is 0 Å². The van der Waals surface area contributed by atoms with E-state index in [1.807, 2.05) is 12.1 Å². The van der Waals surface area contributed by atoms with Crippen molar-refractivity contribution in [1.82, 2.24) is 9.97 Å². The van der Waals surface area contributed by atoms with Gasteiger partial charge in [-0.2, -0.15) is 0 Å². The number of nitrogens with one attached hydrogen (secondary N) is 1. The molecule has 0 saturated heterocycles. The normalized spacial score (nSPS) is 20.6. The summed E-state index contributed by atoms with van der Waals surface area (Å²) in [4.78, 5) is 8.28. The second kappa shape index (κ2) is 4.91. The summed E-state index contributed by atoms with van der Waals surface area (Å²) in [7, 11) is 0. The van der Waals surface area contributed by atoms with Crippen LogP contribution in [0.2, 0.25) is 0 Å². The highest BCUT2D eigenvalue weighted by molar-refractivity contribution is 5.80. The summed E-state index contributed by atoms with van der Waals surface area (Å²) < 4.78 is 11.5. The van der Waals surface area contributed by atoms with Gasteiger partial charge < -0.3 is 20.2 Å². The SMILES string of the molecule is NCC1(c2nc3cc4c(cc3[nH]2)OCCCO4)CCCC1. The maximum atomic E-state index is 6.06. The molecule has 5 nitrogen and oxygen atoms in total. The quantitative estimate of drug-likeness (QED) is 0.890. The van der Waals surface area contributed by atoms with Crippen LogP contribution in [-0.2, 0) is 5.41 Å². The molecule has 4 rings (SSSR count). The zero-order chi connectivity index (χ0) is 14.3. The topological polar surface area (TPSA) is 73.2 Å². The lowest BCUT2D eigenvalue weighted by molar-refractivity contribution is 0.297. The molecule has 0 unspecified atom stereocenters. The van der Waals surface area contributed by atoms with Gasteiger partial charge in [0.15, 0.2) is 11.5 Å². The maximum absolute atomic E-state index is 6.06. The fourth-order valence-corrected chi connectivity index (χ4v) is 3.51. The van der Waals surface area contributed by atoms with Crippen LogP contribution in [-0.4, -0.2) is 29.7 Å². The van der Waals surface area contributed by atoms with Crippen molar-refractivity contribution >= 4 is 11.0 Å². The average molecular weight is 287 g/mol. The van der Waals surface area contributed by atoms with Crippen molar-refractivity contribution in [2.24, 2.45) is 5.73 Å². The third kappa shape index (κ3) is 2.07. The van der Waals surface area contributed by atoms with Gasteiger partial charge >= 0.3 is 0 Å². The second-order valence-corrected chi connectivity index (χ2v) is 6.14. The van der Waals surface area contributed by atoms with Gasteiger partial charge in [-0.15, -0.1) is 0 Å². The molecule has 1 aromatic heterocycles. The number of H-pyrrole nitrogens is 1. The molecule has 3 N–H and O–H groups in total. The van der Waals surface area contributed by atoms with Crippen LogP contribution in [0.5, 0.6) is 11.5 Å². The highest BCUT2D eigenvalue weighted by Crippen LogP contribution is 2.41. The molecule has 2 heterocycles. The molecule has 0 atom stereocenters. The first-order valence-corrected chi connectivity index (χ1v) is 7.81. The maximum Gasteiger partial charge on any atom is 0.163 e.